The van der Waals surface area contributed by atoms with Gasteiger partial charge in [-0.1, -0.05) is 25.9 Å². The molecule has 0 saturated carbocycles. The Morgan fingerprint density at radius 1 is 1.03 bits per heavy atom. The van der Waals surface area contributed by atoms with E-state index in [4.69, 9.17) is 19.3 Å². The first kappa shape index (κ1) is 25.8. The van der Waals surface area contributed by atoms with Crippen molar-refractivity contribution in [1.29, 1.82) is 0 Å². The van der Waals surface area contributed by atoms with Gasteiger partial charge in [0.05, 0.1) is 33.1 Å². The molecule has 0 fully saturated rings. The Hall–Kier alpha value is -3.81. The number of nitrogens with zero attached hydrogens (tertiary/aromatic N) is 4. The summed E-state index contributed by atoms with van der Waals surface area (Å²) in [6.07, 6.45) is 5.46. The number of hydrogen-bond acceptors (Lipinski definition) is 6. The molecule has 0 amide bonds. The van der Waals surface area contributed by atoms with Crippen LogP contribution < -0.4 is 23.7 Å². The number of ketones is 1. The van der Waals surface area contributed by atoms with Gasteiger partial charge in [0.1, 0.15) is 35.7 Å². The summed E-state index contributed by atoms with van der Waals surface area (Å²) in [5.74, 6) is 3.04. The number of anilines is 1. The van der Waals surface area contributed by atoms with Crippen molar-refractivity contribution >= 4 is 17.7 Å². The minimum Gasteiger partial charge on any atom is -0.497 e. The van der Waals surface area contributed by atoms with Gasteiger partial charge in [0.2, 0.25) is 0 Å². The molecule has 1 aromatic heterocycles. The highest BCUT2D eigenvalue weighted by Crippen LogP contribution is 2.37. The van der Waals surface area contributed by atoms with Crippen molar-refractivity contribution in [2.24, 2.45) is 10.5 Å². The van der Waals surface area contributed by atoms with E-state index in [2.05, 4.69) is 0 Å². The molecule has 3 aromatic rings. The molecule has 35 heavy (non-hydrogen) atoms. The molecule has 3 rings (SSSR count). The van der Waals surface area contributed by atoms with Crippen LogP contribution in [0.15, 0.2) is 53.9 Å². The van der Waals surface area contributed by atoms with E-state index in [1.54, 1.807) is 32.2 Å². The fourth-order valence-electron chi connectivity index (χ4n) is 3.63. The first-order valence-electron chi connectivity index (χ1n) is 11.3. The Labute approximate surface area is 207 Å². The molecular weight excluding hydrogens is 444 g/mol. The van der Waals surface area contributed by atoms with Gasteiger partial charge >= 0.3 is 5.82 Å². The van der Waals surface area contributed by atoms with Crippen molar-refractivity contribution in [3.05, 3.63) is 54.4 Å². The molecule has 0 radical (unpaired) electrons. The lowest BCUT2D eigenvalue weighted by Crippen LogP contribution is -2.42. The van der Waals surface area contributed by atoms with E-state index < -0.39 is 5.41 Å². The second-order valence-electron chi connectivity index (χ2n) is 9.41. The van der Waals surface area contributed by atoms with Crippen LogP contribution in [0.25, 0.3) is 11.4 Å². The minimum atomic E-state index is -0.448. The molecule has 0 aliphatic carbocycles. The van der Waals surface area contributed by atoms with E-state index in [9.17, 15) is 4.79 Å². The van der Waals surface area contributed by atoms with Gasteiger partial charge in [0, 0.05) is 25.1 Å². The van der Waals surface area contributed by atoms with Gasteiger partial charge in [-0.3, -0.25) is 4.79 Å². The predicted molar refractivity (Wildman–Crippen MR) is 138 cm³/mol. The lowest BCUT2D eigenvalue weighted by atomic mass is 9.91. The van der Waals surface area contributed by atoms with Crippen LogP contribution in [0.2, 0.25) is 0 Å². The molecule has 0 aliphatic rings. The molecule has 0 atom stereocenters. The molecule has 2 aromatic carbocycles. The summed E-state index contributed by atoms with van der Waals surface area (Å²) < 4.78 is 20.2. The largest absolute Gasteiger partial charge is 0.497 e. The molecule has 1 heterocycles. The number of rotatable bonds is 9. The zero-order valence-electron chi connectivity index (χ0n) is 21.8. The molecule has 0 bridgehead atoms. The van der Waals surface area contributed by atoms with Gasteiger partial charge in [0.25, 0.3) is 0 Å². The molecular formula is C27H35N4O4+. The van der Waals surface area contributed by atoms with Crippen LogP contribution in [-0.2, 0) is 11.3 Å². The van der Waals surface area contributed by atoms with Gasteiger partial charge in [0.15, 0.2) is 12.0 Å². The highest BCUT2D eigenvalue weighted by molar-refractivity contribution is 5.85. The van der Waals surface area contributed by atoms with Crippen molar-refractivity contribution in [2.45, 2.75) is 27.3 Å². The van der Waals surface area contributed by atoms with Gasteiger partial charge in [-0.15, -0.1) is 4.68 Å². The van der Waals surface area contributed by atoms with Crippen molar-refractivity contribution in [2.75, 3.05) is 40.3 Å². The van der Waals surface area contributed by atoms with E-state index >= 15 is 0 Å². The maximum absolute atomic E-state index is 12.8. The Morgan fingerprint density at radius 2 is 1.63 bits per heavy atom. The van der Waals surface area contributed by atoms with Crippen LogP contribution in [0.1, 0.15) is 26.3 Å². The number of carbonyl (C=O) groups excluding carboxylic acids is 1. The first-order chi connectivity index (χ1) is 16.6. The van der Waals surface area contributed by atoms with Crippen molar-refractivity contribution in [3.63, 3.8) is 0 Å². The second kappa shape index (κ2) is 10.6. The number of benzene rings is 2. The van der Waals surface area contributed by atoms with E-state index in [1.807, 2.05) is 93.1 Å². The quantitative estimate of drug-likeness (QED) is 0.342. The highest BCUT2D eigenvalue weighted by atomic mass is 16.5. The normalized spacial score (nSPS) is 11.5. The van der Waals surface area contributed by atoms with Crippen molar-refractivity contribution in [3.8, 4) is 28.6 Å². The summed E-state index contributed by atoms with van der Waals surface area (Å²) in [5.41, 5.74) is 2.13. The van der Waals surface area contributed by atoms with Gasteiger partial charge < -0.3 is 19.1 Å². The number of aromatic nitrogens is 2. The smallest absolute Gasteiger partial charge is 0.314 e. The Balaban J connectivity index is 2.07. The van der Waals surface area contributed by atoms with Crippen LogP contribution in [0, 0.1) is 5.41 Å². The Kier molecular flexibility index (Phi) is 7.84. The number of hydrogen-bond donors (Lipinski definition) is 0. The number of Topliss-reactive ketones (excluding diaryl/α,β-unsaturated/α-hetero) is 1. The van der Waals surface area contributed by atoms with Gasteiger partial charge in [-0.2, -0.15) is 0 Å². The molecule has 186 valence electrons. The van der Waals surface area contributed by atoms with Crippen LogP contribution in [0.3, 0.4) is 0 Å². The maximum atomic E-state index is 12.8. The van der Waals surface area contributed by atoms with Gasteiger partial charge in [-0.05, 0) is 36.4 Å². The van der Waals surface area contributed by atoms with Crippen molar-refractivity contribution < 1.29 is 23.6 Å². The van der Waals surface area contributed by atoms with E-state index in [-0.39, 0.29) is 12.3 Å². The molecule has 0 N–H and O–H groups in total. The average molecular weight is 480 g/mol. The second-order valence-corrected chi connectivity index (χ2v) is 9.41. The summed E-state index contributed by atoms with van der Waals surface area (Å²) in [5, 5.41) is 4.71. The number of imidazole rings is 1. The zero-order valence-corrected chi connectivity index (χ0v) is 21.8. The fraction of sp³-hybridized carbons (Fsp3) is 0.370. The van der Waals surface area contributed by atoms with E-state index in [1.165, 1.54) is 0 Å². The Bertz CT molecular complexity index is 1180. The van der Waals surface area contributed by atoms with Crippen molar-refractivity contribution in [1.82, 2.24) is 4.68 Å². The lowest BCUT2D eigenvalue weighted by Gasteiger charge is -2.20. The van der Waals surface area contributed by atoms with E-state index in [0.29, 0.717) is 11.5 Å². The monoisotopic (exact) mass is 479 g/mol. The average Bonchev–Trinajstić information content (AvgIpc) is 3.23. The van der Waals surface area contributed by atoms with Crippen LogP contribution >= 0.6 is 0 Å². The molecule has 0 unspecified atom stereocenters. The van der Waals surface area contributed by atoms with Crippen LogP contribution in [0.5, 0.6) is 17.2 Å². The number of carbonyl (C=O) groups is 1. The number of methoxy groups -OCH3 is 3. The first-order valence-corrected chi connectivity index (χ1v) is 11.3. The molecule has 0 spiro atoms. The SMILES string of the molecule is COc1ccc(-c2n(/N=C\c3cc(OC)c(N(C)C)c(OC)c3)cc[n+]2CC(=O)C(C)(C)C)cc1. The summed E-state index contributed by atoms with van der Waals surface area (Å²) in [4.78, 5) is 14.8. The molecule has 0 aliphatic heterocycles. The zero-order chi connectivity index (χ0) is 25.8. The lowest BCUT2D eigenvalue weighted by molar-refractivity contribution is -0.673. The molecule has 8 heteroatoms. The van der Waals surface area contributed by atoms with Crippen LogP contribution in [-0.4, -0.2) is 52.1 Å². The summed E-state index contributed by atoms with van der Waals surface area (Å²) in [6, 6.07) is 11.5. The summed E-state index contributed by atoms with van der Waals surface area (Å²) >= 11 is 0. The third-order valence-corrected chi connectivity index (χ3v) is 5.66. The summed E-state index contributed by atoms with van der Waals surface area (Å²) in [6.45, 7) is 6.02. The summed E-state index contributed by atoms with van der Waals surface area (Å²) in [7, 11) is 8.77. The van der Waals surface area contributed by atoms with Crippen LogP contribution in [0.4, 0.5) is 5.69 Å². The topological polar surface area (TPSA) is 69.2 Å². The Morgan fingerprint density at radius 3 is 2.11 bits per heavy atom. The van der Waals surface area contributed by atoms with E-state index in [0.717, 1.165) is 28.4 Å². The number of ether oxygens (including phenoxy) is 3. The fourth-order valence-corrected chi connectivity index (χ4v) is 3.63. The maximum Gasteiger partial charge on any atom is 0.314 e. The third-order valence-electron chi connectivity index (χ3n) is 5.66. The predicted octanol–water partition coefficient (Wildman–Crippen LogP) is 4.03. The standard InChI is InChI=1S/C27H35N4O4/c1-27(2,3)24(32)18-30-13-14-31(26(30)20-9-11-21(33-6)12-10-20)28-17-19-15-22(34-7)25(29(4)5)23(16-19)35-8/h9-17H,18H2,1-8H3/q+1/b28-17-. The van der Waals surface area contributed by atoms with Gasteiger partial charge in [-0.25, -0.2) is 4.57 Å². The third kappa shape index (κ3) is 5.82. The molecule has 8 nitrogen and oxygen atoms in total. The minimum absolute atomic E-state index is 0.132. The highest BCUT2D eigenvalue weighted by Gasteiger charge is 2.27. The molecule has 0 saturated heterocycles.